The molecule has 1 saturated carbocycles. The number of ether oxygens (including phenoxy) is 2. The van der Waals surface area contributed by atoms with Crippen LogP contribution in [0.25, 0.3) is 0 Å². The standard InChI is InChI=1S/C16H22N2O2/c17-8-11-20-16-5-2-1-4-15(16)12-18-9-3-10-19-13-14-6-7-14/h1-2,4-5,14,18H,3,6-7,9-13H2. The minimum Gasteiger partial charge on any atom is -0.478 e. The fourth-order valence-electron chi connectivity index (χ4n) is 1.96. The van der Waals surface area contributed by atoms with Crippen LogP contribution in [-0.4, -0.2) is 26.4 Å². The molecule has 4 heteroatoms. The first-order valence-corrected chi connectivity index (χ1v) is 7.26. The van der Waals surface area contributed by atoms with Crippen LogP contribution in [-0.2, 0) is 11.3 Å². The molecule has 2 rings (SSSR count). The Morgan fingerprint density at radius 3 is 2.95 bits per heavy atom. The number of nitrogens with zero attached hydrogens (tertiary/aromatic N) is 1. The Balaban J connectivity index is 1.59. The number of nitriles is 1. The molecule has 0 saturated heterocycles. The van der Waals surface area contributed by atoms with Crippen molar-refractivity contribution in [2.45, 2.75) is 25.8 Å². The number of nitrogens with one attached hydrogen (secondary N) is 1. The van der Waals surface area contributed by atoms with Gasteiger partial charge in [-0.3, -0.25) is 0 Å². The van der Waals surface area contributed by atoms with Crippen LogP contribution >= 0.6 is 0 Å². The van der Waals surface area contributed by atoms with E-state index in [1.807, 2.05) is 30.3 Å². The van der Waals surface area contributed by atoms with Gasteiger partial charge in [-0.1, -0.05) is 18.2 Å². The van der Waals surface area contributed by atoms with Crippen molar-refractivity contribution in [1.29, 1.82) is 5.26 Å². The summed E-state index contributed by atoms with van der Waals surface area (Å²) in [5, 5.41) is 11.9. The van der Waals surface area contributed by atoms with E-state index in [1.54, 1.807) is 0 Å². The first kappa shape index (κ1) is 14.8. The summed E-state index contributed by atoms with van der Waals surface area (Å²) in [4.78, 5) is 0. The molecule has 0 radical (unpaired) electrons. The van der Waals surface area contributed by atoms with Crippen molar-refractivity contribution in [3.63, 3.8) is 0 Å². The first-order valence-electron chi connectivity index (χ1n) is 7.26. The number of rotatable bonds is 10. The summed E-state index contributed by atoms with van der Waals surface area (Å²) >= 11 is 0. The molecule has 0 aromatic heterocycles. The number of para-hydroxylation sites is 1. The molecule has 4 nitrogen and oxygen atoms in total. The molecule has 0 spiro atoms. The van der Waals surface area contributed by atoms with Gasteiger partial charge in [-0.05, 0) is 37.8 Å². The Morgan fingerprint density at radius 2 is 2.15 bits per heavy atom. The predicted octanol–water partition coefficient (Wildman–Crippen LogP) is 2.50. The van der Waals surface area contributed by atoms with Crippen LogP contribution in [0.4, 0.5) is 0 Å². The van der Waals surface area contributed by atoms with Crippen LogP contribution in [0.3, 0.4) is 0 Å². The molecule has 1 fully saturated rings. The van der Waals surface area contributed by atoms with Gasteiger partial charge in [0, 0.05) is 25.3 Å². The van der Waals surface area contributed by atoms with E-state index in [2.05, 4.69) is 5.32 Å². The topological polar surface area (TPSA) is 54.3 Å². The summed E-state index contributed by atoms with van der Waals surface area (Å²) in [6.07, 6.45) is 3.71. The van der Waals surface area contributed by atoms with Crippen LogP contribution in [0.2, 0.25) is 0 Å². The van der Waals surface area contributed by atoms with Crippen molar-refractivity contribution >= 4 is 0 Å². The van der Waals surface area contributed by atoms with Gasteiger partial charge in [0.25, 0.3) is 0 Å². The van der Waals surface area contributed by atoms with Crippen molar-refractivity contribution in [3.8, 4) is 11.8 Å². The third-order valence-corrected chi connectivity index (χ3v) is 3.27. The summed E-state index contributed by atoms with van der Waals surface area (Å²) in [7, 11) is 0. The molecule has 1 N–H and O–H groups in total. The third kappa shape index (κ3) is 5.60. The average molecular weight is 274 g/mol. The molecule has 0 heterocycles. The minimum absolute atomic E-state index is 0.0893. The smallest absolute Gasteiger partial charge is 0.174 e. The van der Waals surface area contributed by atoms with Crippen molar-refractivity contribution < 1.29 is 9.47 Å². The second-order valence-electron chi connectivity index (χ2n) is 5.10. The average Bonchev–Trinajstić information content (AvgIpc) is 3.29. The lowest BCUT2D eigenvalue weighted by Gasteiger charge is -2.10. The zero-order chi connectivity index (χ0) is 14.0. The highest BCUT2D eigenvalue weighted by Crippen LogP contribution is 2.28. The van der Waals surface area contributed by atoms with Crippen LogP contribution in [0.1, 0.15) is 24.8 Å². The second kappa shape index (κ2) is 8.57. The van der Waals surface area contributed by atoms with Crippen molar-refractivity contribution in [3.05, 3.63) is 29.8 Å². The molecular weight excluding hydrogens is 252 g/mol. The summed E-state index contributed by atoms with van der Waals surface area (Å²) in [6, 6.07) is 9.80. The van der Waals surface area contributed by atoms with E-state index >= 15 is 0 Å². The van der Waals surface area contributed by atoms with Gasteiger partial charge in [0.15, 0.2) is 6.61 Å². The van der Waals surface area contributed by atoms with Crippen LogP contribution in [0.5, 0.6) is 5.75 Å². The molecule has 0 aliphatic heterocycles. The maximum absolute atomic E-state index is 8.55. The fourth-order valence-corrected chi connectivity index (χ4v) is 1.96. The lowest BCUT2D eigenvalue weighted by molar-refractivity contribution is 0.122. The van der Waals surface area contributed by atoms with E-state index in [0.717, 1.165) is 50.0 Å². The lowest BCUT2D eigenvalue weighted by Crippen LogP contribution is -2.17. The van der Waals surface area contributed by atoms with E-state index in [1.165, 1.54) is 12.8 Å². The first-order chi connectivity index (χ1) is 9.90. The summed E-state index contributed by atoms with van der Waals surface area (Å²) < 4.78 is 11.0. The predicted molar refractivity (Wildman–Crippen MR) is 77.4 cm³/mol. The van der Waals surface area contributed by atoms with Gasteiger partial charge in [0.1, 0.15) is 11.8 Å². The molecule has 20 heavy (non-hydrogen) atoms. The highest BCUT2D eigenvalue weighted by Gasteiger charge is 2.20. The highest BCUT2D eigenvalue weighted by atomic mass is 16.5. The van der Waals surface area contributed by atoms with Gasteiger partial charge in [-0.2, -0.15) is 5.26 Å². The molecule has 1 aromatic rings. The highest BCUT2D eigenvalue weighted by molar-refractivity contribution is 5.33. The fraction of sp³-hybridized carbons (Fsp3) is 0.562. The van der Waals surface area contributed by atoms with Gasteiger partial charge < -0.3 is 14.8 Å². The molecule has 1 aliphatic carbocycles. The molecule has 0 unspecified atom stereocenters. The zero-order valence-corrected chi connectivity index (χ0v) is 11.8. The van der Waals surface area contributed by atoms with Gasteiger partial charge >= 0.3 is 0 Å². The van der Waals surface area contributed by atoms with E-state index in [4.69, 9.17) is 14.7 Å². The Hall–Kier alpha value is -1.57. The van der Waals surface area contributed by atoms with Crippen molar-refractivity contribution in [2.24, 2.45) is 5.92 Å². The molecular formula is C16H22N2O2. The Morgan fingerprint density at radius 1 is 1.30 bits per heavy atom. The number of benzene rings is 1. The number of hydrogen-bond acceptors (Lipinski definition) is 4. The van der Waals surface area contributed by atoms with Gasteiger partial charge in [0.05, 0.1) is 0 Å². The third-order valence-electron chi connectivity index (χ3n) is 3.27. The van der Waals surface area contributed by atoms with E-state index in [9.17, 15) is 0 Å². The molecule has 0 atom stereocenters. The monoisotopic (exact) mass is 274 g/mol. The summed E-state index contributed by atoms with van der Waals surface area (Å²) in [5.74, 6) is 1.62. The zero-order valence-electron chi connectivity index (χ0n) is 11.8. The van der Waals surface area contributed by atoms with Crippen LogP contribution < -0.4 is 10.1 Å². The van der Waals surface area contributed by atoms with E-state index in [-0.39, 0.29) is 6.61 Å². The second-order valence-corrected chi connectivity index (χ2v) is 5.10. The molecule has 0 bridgehead atoms. The largest absolute Gasteiger partial charge is 0.478 e. The van der Waals surface area contributed by atoms with E-state index < -0.39 is 0 Å². The molecule has 1 aromatic carbocycles. The molecule has 1 aliphatic rings. The molecule has 108 valence electrons. The minimum atomic E-state index is 0.0893. The van der Waals surface area contributed by atoms with Crippen molar-refractivity contribution in [2.75, 3.05) is 26.4 Å². The summed E-state index contributed by atoms with van der Waals surface area (Å²) in [5.41, 5.74) is 1.08. The van der Waals surface area contributed by atoms with Crippen molar-refractivity contribution in [1.82, 2.24) is 5.32 Å². The number of hydrogen-bond donors (Lipinski definition) is 1. The normalized spacial score (nSPS) is 13.9. The maximum atomic E-state index is 8.55. The van der Waals surface area contributed by atoms with Gasteiger partial charge in [-0.25, -0.2) is 0 Å². The van der Waals surface area contributed by atoms with Gasteiger partial charge in [-0.15, -0.1) is 0 Å². The molecule has 0 amide bonds. The van der Waals surface area contributed by atoms with E-state index in [0.29, 0.717) is 0 Å². The Labute approximate surface area is 120 Å². The lowest BCUT2D eigenvalue weighted by atomic mass is 10.2. The maximum Gasteiger partial charge on any atom is 0.174 e. The summed E-state index contributed by atoms with van der Waals surface area (Å²) in [6.45, 7) is 3.54. The Kier molecular flexibility index (Phi) is 6.36. The quantitative estimate of drug-likeness (QED) is 0.666. The Bertz CT molecular complexity index is 438. The van der Waals surface area contributed by atoms with Crippen LogP contribution in [0.15, 0.2) is 24.3 Å². The van der Waals surface area contributed by atoms with Crippen LogP contribution in [0, 0.1) is 17.2 Å². The SMILES string of the molecule is N#CCOc1ccccc1CNCCCOCC1CC1. The van der Waals surface area contributed by atoms with Gasteiger partial charge in [0.2, 0.25) is 0 Å².